The molecule has 0 aromatic carbocycles. The minimum absolute atomic E-state index is 0.118. The van der Waals surface area contributed by atoms with Gasteiger partial charge in [-0.3, -0.25) is 10.1 Å². The van der Waals surface area contributed by atoms with Gasteiger partial charge in [0.1, 0.15) is 5.54 Å². The van der Waals surface area contributed by atoms with Crippen LogP contribution in [0.4, 0.5) is 0 Å². The molecule has 1 aliphatic heterocycles. The van der Waals surface area contributed by atoms with Crippen LogP contribution in [0.25, 0.3) is 0 Å². The summed E-state index contributed by atoms with van der Waals surface area (Å²) in [6.45, 7) is 13.0. The molecule has 1 rings (SSSR count). The molecule has 0 aromatic heterocycles. The predicted molar refractivity (Wildman–Crippen MR) is 87.4 cm³/mol. The van der Waals surface area contributed by atoms with Crippen LogP contribution in [0.5, 0.6) is 0 Å². The number of carbonyl (C=O) groups is 1. The van der Waals surface area contributed by atoms with Crippen LogP contribution in [0, 0.1) is 0 Å². The molecule has 1 N–H and O–H groups in total. The fourth-order valence-corrected chi connectivity index (χ4v) is 3.45. The van der Waals surface area contributed by atoms with Crippen molar-refractivity contribution >= 4 is 5.97 Å². The fraction of sp³-hybridized carbons (Fsp3) is 0.941. The standard InChI is InChI=1S/C17H34N2O2/c1-6-15-10-8-12-19(15)13-9-11-17(5,18-14(3)4)16(20)21-7-2/h14-15,18H,6-13H2,1-5H3. The zero-order chi connectivity index (χ0) is 15.9. The second-order valence-electron chi connectivity index (χ2n) is 6.70. The summed E-state index contributed by atoms with van der Waals surface area (Å²) in [5.41, 5.74) is -0.564. The molecule has 4 nitrogen and oxygen atoms in total. The summed E-state index contributed by atoms with van der Waals surface area (Å²) in [5.74, 6) is -0.118. The number of nitrogens with zero attached hydrogens (tertiary/aromatic N) is 1. The summed E-state index contributed by atoms with van der Waals surface area (Å²) in [6, 6.07) is 1.02. The Bertz CT molecular complexity index is 320. The zero-order valence-corrected chi connectivity index (χ0v) is 14.6. The maximum atomic E-state index is 12.2. The molecule has 124 valence electrons. The second-order valence-corrected chi connectivity index (χ2v) is 6.70. The van der Waals surface area contributed by atoms with E-state index in [-0.39, 0.29) is 12.0 Å². The smallest absolute Gasteiger partial charge is 0.326 e. The number of rotatable bonds is 9. The van der Waals surface area contributed by atoms with Crippen molar-refractivity contribution in [3.05, 3.63) is 0 Å². The minimum atomic E-state index is -0.564. The summed E-state index contributed by atoms with van der Waals surface area (Å²) in [6.07, 6.45) is 5.75. The largest absolute Gasteiger partial charge is 0.465 e. The Morgan fingerprint density at radius 2 is 2.14 bits per heavy atom. The second kappa shape index (κ2) is 8.74. The third-order valence-corrected chi connectivity index (χ3v) is 4.43. The Labute approximate surface area is 130 Å². The molecule has 4 heteroatoms. The van der Waals surface area contributed by atoms with E-state index in [1.165, 1.54) is 25.8 Å². The van der Waals surface area contributed by atoms with Gasteiger partial charge in [-0.1, -0.05) is 6.92 Å². The van der Waals surface area contributed by atoms with Gasteiger partial charge in [0.05, 0.1) is 6.61 Å². The van der Waals surface area contributed by atoms with Crippen molar-refractivity contribution in [1.29, 1.82) is 0 Å². The summed E-state index contributed by atoms with van der Waals surface area (Å²) >= 11 is 0. The van der Waals surface area contributed by atoms with Gasteiger partial charge in [0.25, 0.3) is 0 Å². The highest BCUT2D eigenvalue weighted by atomic mass is 16.5. The number of nitrogens with one attached hydrogen (secondary N) is 1. The van der Waals surface area contributed by atoms with Gasteiger partial charge in [-0.15, -0.1) is 0 Å². The van der Waals surface area contributed by atoms with Gasteiger partial charge >= 0.3 is 5.97 Å². The third-order valence-electron chi connectivity index (χ3n) is 4.43. The first-order valence-corrected chi connectivity index (χ1v) is 8.62. The predicted octanol–water partition coefficient (Wildman–Crippen LogP) is 2.96. The molecule has 0 bridgehead atoms. The van der Waals surface area contributed by atoms with E-state index < -0.39 is 5.54 Å². The number of hydrogen-bond acceptors (Lipinski definition) is 4. The lowest BCUT2D eigenvalue weighted by molar-refractivity contribution is -0.151. The van der Waals surface area contributed by atoms with Crippen molar-refractivity contribution in [2.24, 2.45) is 0 Å². The molecule has 0 saturated carbocycles. The van der Waals surface area contributed by atoms with Crippen molar-refractivity contribution in [1.82, 2.24) is 10.2 Å². The first-order valence-electron chi connectivity index (χ1n) is 8.62. The molecule has 1 fully saturated rings. The van der Waals surface area contributed by atoms with Crippen LogP contribution >= 0.6 is 0 Å². The summed E-state index contributed by atoms with van der Waals surface area (Å²) in [4.78, 5) is 14.8. The molecule has 1 heterocycles. The lowest BCUT2D eigenvalue weighted by Crippen LogP contribution is -2.53. The van der Waals surface area contributed by atoms with Gasteiger partial charge in [-0.25, -0.2) is 0 Å². The molecular formula is C17H34N2O2. The first kappa shape index (κ1) is 18.4. The highest BCUT2D eigenvalue weighted by Gasteiger charge is 2.35. The number of hydrogen-bond donors (Lipinski definition) is 1. The summed E-state index contributed by atoms with van der Waals surface area (Å²) < 4.78 is 5.26. The van der Waals surface area contributed by atoms with Crippen molar-refractivity contribution in [3.8, 4) is 0 Å². The Balaban J connectivity index is 2.51. The van der Waals surface area contributed by atoms with E-state index in [1.807, 2.05) is 13.8 Å². The summed E-state index contributed by atoms with van der Waals surface area (Å²) in [7, 11) is 0. The van der Waals surface area contributed by atoms with Crippen LogP contribution in [-0.2, 0) is 9.53 Å². The molecule has 2 unspecified atom stereocenters. The van der Waals surface area contributed by atoms with Crippen molar-refractivity contribution in [2.45, 2.75) is 84.3 Å². The Morgan fingerprint density at radius 3 is 2.71 bits per heavy atom. The number of likely N-dealkylation sites (tertiary alicyclic amines) is 1. The maximum Gasteiger partial charge on any atom is 0.326 e. The number of esters is 1. The average molecular weight is 298 g/mol. The minimum Gasteiger partial charge on any atom is -0.465 e. The van der Waals surface area contributed by atoms with E-state index in [9.17, 15) is 4.79 Å². The van der Waals surface area contributed by atoms with Crippen molar-refractivity contribution in [2.75, 3.05) is 19.7 Å². The fourth-order valence-electron chi connectivity index (χ4n) is 3.45. The molecule has 2 atom stereocenters. The molecule has 1 saturated heterocycles. The Hall–Kier alpha value is -0.610. The molecule has 0 amide bonds. The van der Waals surface area contributed by atoms with Gasteiger partial charge in [0.15, 0.2) is 0 Å². The monoisotopic (exact) mass is 298 g/mol. The highest BCUT2D eigenvalue weighted by Crippen LogP contribution is 2.22. The maximum absolute atomic E-state index is 12.2. The van der Waals surface area contributed by atoms with Gasteiger partial charge in [0, 0.05) is 12.1 Å². The van der Waals surface area contributed by atoms with E-state index >= 15 is 0 Å². The zero-order valence-electron chi connectivity index (χ0n) is 14.6. The van der Waals surface area contributed by atoms with Gasteiger partial charge in [0.2, 0.25) is 0 Å². The SMILES string of the molecule is CCOC(=O)C(C)(CCCN1CCCC1CC)NC(C)C. The molecule has 1 aliphatic rings. The normalized spacial score (nSPS) is 22.5. The molecule has 21 heavy (non-hydrogen) atoms. The van der Waals surface area contributed by atoms with E-state index in [4.69, 9.17) is 4.74 Å². The van der Waals surface area contributed by atoms with Gasteiger partial charge in [-0.2, -0.15) is 0 Å². The molecule has 0 aromatic rings. The van der Waals surface area contributed by atoms with Crippen LogP contribution in [0.2, 0.25) is 0 Å². The lowest BCUT2D eigenvalue weighted by atomic mass is 9.94. The lowest BCUT2D eigenvalue weighted by Gasteiger charge is -2.32. The highest BCUT2D eigenvalue weighted by molar-refractivity contribution is 5.80. The first-order chi connectivity index (χ1) is 9.92. The van der Waals surface area contributed by atoms with Crippen LogP contribution in [0.15, 0.2) is 0 Å². The Morgan fingerprint density at radius 1 is 1.43 bits per heavy atom. The van der Waals surface area contributed by atoms with Crippen LogP contribution in [0.1, 0.15) is 66.7 Å². The van der Waals surface area contributed by atoms with E-state index in [0.29, 0.717) is 6.61 Å². The van der Waals surface area contributed by atoms with Gasteiger partial charge in [-0.05, 0) is 72.9 Å². The quantitative estimate of drug-likeness (QED) is 0.665. The van der Waals surface area contributed by atoms with E-state index in [0.717, 1.165) is 25.4 Å². The van der Waals surface area contributed by atoms with Crippen LogP contribution in [0.3, 0.4) is 0 Å². The Kier molecular flexibility index (Phi) is 7.67. The number of carbonyl (C=O) groups excluding carboxylic acids is 1. The van der Waals surface area contributed by atoms with Crippen molar-refractivity contribution < 1.29 is 9.53 Å². The van der Waals surface area contributed by atoms with Gasteiger partial charge < -0.3 is 9.64 Å². The summed E-state index contributed by atoms with van der Waals surface area (Å²) in [5, 5.41) is 3.40. The topological polar surface area (TPSA) is 41.6 Å². The third kappa shape index (κ3) is 5.59. The average Bonchev–Trinajstić information content (AvgIpc) is 2.85. The van der Waals surface area contributed by atoms with Crippen molar-refractivity contribution in [3.63, 3.8) is 0 Å². The van der Waals surface area contributed by atoms with E-state index in [2.05, 4.69) is 31.0 Å². The van der Waals surface area contributed by atoms with Crippen LogP contribution in [-0.4, -0.2) is 48.2 Å². The van der Waals surface area contributed by atoms with E-state index in [1.54, 1.807) is 0 Å². The molecule has 0 radical (unpaired) electrons. The van der Waals surface area contributed by atoms with Crippen LogP contribution < -0.4 is 5.32 Å². The number of ether oxygens (including phenoxy) is 1. The molecule has 0 aliphatic carbocycles. The molecule has 0 spiro atoms. The molecular weight excluding hydrogens is 264 g/mol.